The first-order chi connectivity index (χ1) is 28.9. The molecular weight excluding hydrogens is 795 g/mol. The molecule has 4 amide bonds. The van der Waals surface area contributed by atoms with Crippen LogP contribution in [-0.2, 0) is 23.9 Å². The molecule has 3 aliphatic rings. The smallest absolute Gasteiger partial charge is 0.255 e. The van der Waals surface area contributed by atoms with Crippen molar-refractivity contribution in [2.75, 3.05) is 20.8 Å². The third-order valence-electron chi connectivity index (χ3n) is 11.0. The fourth-order valence-corrected chi connectivity index (χ4v) is 7.80. The van der Waals surface area contributed by atoms with Gasteiger partial charge in [-0.25, -0.2) is 0 Å². The number of H-pyrrole nitrogens is 1. The Morgan fingerprint density at radius 2 is 1.51 bits per heavy atom. The predicted molar refractivity (Wildman–Crippen MR) is 239 cm³/mol. The third-order valence-corrected chi connectivity index (χ3v) is 12.2. The number of aromatic nitrogens is 1. The molecule has 4 N–H and O–H groups in total. The summed E-state index contributed by atoms with van der Waals surface area (Å²) in [5.74, 6) is -0.252. The Hall–Kier alpha value is -5.47. The standard InChI is InChI=1S/C26H34N4O5S.C16H13NO2.C5H12O/c1-24(2,3)19(27-16-31)22(34)30-15-7-10-18(30)21(33)28-25(11-12-25)23(35)29-36-26(13-14-26)20(32)17-8-5-4-6-9-17;1-19-12-7-8-13-15(9-12)17-14(10-16(13)18)11-5-3-2-4-6-11;1-5(2,3)6-4/h4-6,8-9,16,18-19H,7,10-15H2,1-3H3,(H,27,31)(H,28,33)(H,29,35);2-10H,1H3,(H,17,18);1-4H3/t18?,19-;;/m1../s1. The van der Waals surface area contributed by atoms with Crippen molar-refractivity contribution in [2.45, 2.75) is 108 Å². The van der Waals surface area contributed by atoms with Crippen molar-refractivity contribution in [2.24, 2.45) is 5.41 Å². The van der Waals surface area contributed by atoms with Crippen molar-refractivity contribution < 1.29 is 33.4 Å². The van der Waals surface area contributed by atoms with Gasteiger partial charge >= 0.3 is 0 Å². The van der Waals surface area contributed by atoms with Crippen LogP contribution in [0.25, 0.3) is 22.2 Å². The number of fused-ring (bicyclic) bond motifs is 1. The molecule has 2 aliphatic carbocycles. The summed E-state index contributed by atoms with van der Waals surface area (Å²) >= 11 is 1.14. The number of methoxy groups -OCH3 is 2. The van der Waals surface area contributed by atoms with E-state index in [1.807, 2.05) is 96.1 Å². The van der Waals surface area contributed by atoms with Crippen molar-refractivity contribution in [1.29, 1.82) is 0 Å². The molecule has 1 unspecified atom stereocenters. The van der Waals surface area contributed by atoms with Gasteiger partial charge in [-0.1, -0.05) is 81.4 Å². The van der Waals surface area contributed by atoms with Crippen molar-refractivity contribution in [1.82, 2.24) is 25.2 Å². The van der Waals surface area contributed by atoms with Crippen LogP contribution in [0, 0.1) is 5.41 Å². The highest BCUT2D eigenvalue weighted by atomic mass is 32.2. The molecule has 1 aliphatic heterocycles. The molecule has 326 valence electrons. The minimum Gasteiger partial charge on any atom is -0.497 e. The molecule has 61 heavy (non-hydrogen) atoms. The second-order valence-electron chi connectivity index (χ2n) is 17.7. The van der Waals surface area contributed by atoms with Crippen molar-refractivity contribution in [3.8, 4) is 17.0 Å². The van der Waals surface area contributed by atoms with Gasteiger partial charge in [0.2, 0.25) is 18.2 Å². The lowest BCUT2D eigenvalue weighted by Gasteiger charge is -2.34. The summed E-state index contributed by atoms with van der Waals surface area (Å²) in [6, 6.07) is 24.4. The summed E-state index contributed by atoms with van der Waals surface area (Å²) in [5, 5.41) is 6.15. The molecule has 2 heterocycles. The molecule has 0 bridgehead atoms. The predicted octanol–water partition coefficient (Wildman–Crippen LogP) is 6.60. The molecule has 0 radical (unpaired) electrons. The molecule has 13 nitrogen and oxygen atoms in total. The topological polar surface area (TPSA) is 176 Å². The molecule has 14 heteroatoms. The van der Waals surface area contributed by atoms with Crippen LogP contribution in [0.15, 0.2) is 89.7 Å². The molecule has 3 aromatic carbocycles. The van der Waals surface area contributed by atoms with E-state index in [9.17, 15) is 28.8 Å². The molecule has 2 saturated carbocycles. The van der Waals surface area contributed by atoms with Crippen molar-refractivity contribution in [3.05, 3.63) is 101 Å². The van der Waals surface area contributed by atoms with E-state index in [-0.39, 0.29) is 34.5 Å². The minimum absolute atomic E-state index is 0.000251. The van der Waals surface area contributed by atoms with Crippen LogP contribution in [0.3, 0.4) is 0 Å². The Bertz CT molecular complexity index is 2240. The number of nitrogens with zero attached hydrogens (tertiary/aromatic N) is 1. The van der Waals surface area contributed by atoms with Crippen LogP contribution in [0.4, 0.5) is 0 Å². The summed E-state index contributed by atoms with van der Waals surface area (Å²) in [7, 11) is 3.32. The maximum absolute atomic E-state index is 13.2. The van der Waals surface area contributed by atoms with E-state index in [0.717, 1.165) is 34.5 Å². The highest BCUT2D eigenvalue weighted by molar-refractivity contribution is 8.00. The first kappa shape index (κ1) is 46.6. The zero-order chi connectivity index (χ0) is 44.6. The van der Waals surface area contributed by atoms with Gasteiger partial charge in [0.25, 0.3) is 5.91 Å². The summed E-state index contributed by atoms with van der Waals surface area (Å²) in [6.45, 7) is 12.0. The number of nitrogens with one attached hydrogen (secondary N) is 4. The average molecular weight is 854 g/mol. The van der Waals surface area contributed by atoms with Crippen LogP contribution in [0.1, 0.15) is 90.4 Å². The highest BCUT2D eigenvalue weighted by Gasteiger charge is 2.56. The van der Waals surface area contributed by atoms with Gasteiger partial charge in [-0.2, -0.15) is 0 Å². The Balaban J connectivity index is 0.000000233. The number of pyridine rings is 1. The first-order valence-electron chi connectivity index (χ1n) is 20.6. The number of hydrogen-bond acceptors (Lipinski definition) is 9. The number of rotatable bonds is 12. The number of aromatic amines is 1. The monoisotopic (exact) mass is 853 g/mol. The summed E-state index contributed by atoms with van der Waals surface area (Å²) in [6.07, 6.45) is 4.06. The molecule has 7 rings (SSSR count). The van der Waals surface area contributed by atoms with E-state index < -0.39 is 27.8 Å². The van der Waals surface area contributed by atoms with Crippen LogP contribution in [0.5, 0.6) is 5.75 Å². The van der Waals surface area contributed by atoms with E-state index in [1.54, 1.807) is 44.6 Å². The second-order valence-corrected chi connectivity index (χ2v) is 18.9. The van der Waals surface area contributed by atoms with Gasteiger partial charge < -0.3 is 30.0 Å². The number of carbonyl (C=O) groups is 5. The molecule has 3 fully saturated rings. The fraction of sp³-hybridized carbons (Fsp3) is 0.447. The summed E-state index contributed by atoms with van der Waals surface area (Å²) < 4.78 is 12.3. The van der Waals surface area contributed by atoms with E-state index in [0.29, 0.717) is 62.4 Å². The third kappa shape index (κ3) is 11.9. The lowest BCUT2D eigenvalue weighted by Crippen LogP contribution is -2.58. The summed E-state index contributed by atoms with van der Waals surface area (Å²) in [5.41, 5.74) is 1.72. The lowest BCUT2D eigenvalue weighted by atomic mass is 9.85. The fourth-order valence-electron chi connectivity index (χ4n) is 6.80. The highest BCUT2D eigenvalue weighted by Crippen LogP contribution is 2.50. The van der Waals surface area contributed by atoms with Gasteiger partial charge in [-0.3, -0.25) is 33.5 Å². The number of hydrogen-bond donors (Lipinski definition) is 4. The molecule has 0 spiro atoms. The Labute approximate surface area is 362 Å². The van der Waals surface area contributed by atoms with E-state index in [4.69, 9.17) is 9.47 Å². The quantitative estimate of drug-likeness (QED) is 0.0695. The van der Waals surface area contributed by atoms with Gasteiger partial charge in [0.05, 0.1) is 23.0 Å². The van der Waals surface area contributed by atoms with Gasteiger partial charge in [0.1, 0.15) is 23.4 Å². The number of Topliss-reactive ketones (excluding diaryl/α,β-unsaturated/α-hetero) is 1. The number of likely N-dealkylation sites (tertiary alicyclic amines) is 1. The van der Waals surface area contributed by atoms with Gasteiger partial charge in [-0.05, 0) is 94.4 Å². The Morgan fingerprint density at radius 3 is 2.05 bits per heavy atom. The number of ketones is 1. The number of carbonyl (C=O) groups excluding carboxylic acids is 5. The first-order valence-corrected chi connectivity index (χ1v) is 21.4. The molecule has 1 aromatic heterocycles. The van der Waals surface area contributed by atoms with Crippen molar-refractivity contribution in [3.63, 3.8) is 0 Å². The normalized spacial score (nSPS) is 17.6. The zero-order valence-electron chi connectivity index (χ0n) is 36.4. The number of benzene rings is 3. The average Bonchev–Trinajstić information content (AvgIpc) is 4.17. The molecule has 4 aromatic rings. The van der Waals surface area contributed by atoms with Gasteiger partial charge in [0.15, 0.2) is 11.2 Å². The Morgan fingerprint density at radius 1 is 0.885 bits per heavy atom. The van der Waals surface area contributed by atoms with Crippen molar-refractivity contribution >= 4 is 52.8 Å². The van der Waals surface area contributed by atoms with Gasteiger partial charge in [0, 0.05) is 42.4 Å². The van der Waals surface area contributed by atoms with Crippen LogP contribution < -0.4 is 25.5 Å². The molecule has 2 atom stereocenters. The largest absolute Gasteiger partial charge is 0.497 e. The Kier molecular flexibility index (Phi) is 14.9. The number of ether oxygens (including phenoxy) is 2. The van der Waals surface area contributed by atoms with Gasteiger partial charge in [-0.15, -0.1) is 0 Å². The lowest BCUT2D eigenvalue weighted by molar-refractivity contribution is -0.143. The maximum atomic E-state index is 13.2. The molecular formula is C47H59N5O8S. The van der Waals surface area contributed by atoms with E-state index in [1.165, 1.54) is 4.90 Å². The van der Waals surface area contributed by atoms with E-state index >= 15 is 0 Å². The molecule has 1 saturated heterocycles. The van der Waals surface area contributed by atoms with Crippen LogP contribution in [-0.4, -0.2) is 88.5 Å². The SMILES string of the molecule is CC(C)(C)[C@H](NC=O)C(=O)N1CCCC1C(=O)NC1(C(=O)NSC2(C(=O)c3ccccc3)CC2)CC1.COC(C)(C)C.COc1ccc2c(=O)cc(-c3ccccc3)[nH]c2c1. The maximum Gasteiger partial charge on any atom is 0.255 e. The summed E-state index contributed by atoms with van der Waals surface area (Å²) in [4.78, 5) is 80.4. The van der Waals surface area contributed by atoms with Crippen LogP contribution in [0.2, 0.25) is 0 Å². The second kappa shape index (κ2) is 19.5. The van der Waals surface area contributed by atoms with E-state index in [2.05, 4.69) is 20.3 Å². The minimum atomic E-state index is -1.02. The number of amides is 4. The zero-order valence-corrected chi connectivity index (χ0v) is 37.2. The van der Waals surface area contributed by atoms with Crippen LogP contribution >= 0.6 is 11.9 Å².